The van der Waals surface area contributed by atoms with Gasteiger partial charge in [-0.1, -0.05) is 6.07 Å². The topological polar surface area (TPSA) is 86.8 Å². The molecule has 1 amide bonds. The first kappa shape index (κ1) is 23.3. The Bertz CT molecular complexity index is 1200. The molecule has 32 heavy (non-hydrogen) atoms. The summed E-state index contributed by atoms with van der Waals surface area (Å²) in [4.78, 5) is 18.7. The first-order valence-electron chi connectivity index (χ1n) is 10.1. The number of nitrogens with zero attached hydrogens (tertiary/aromatic N) is 5. The van der Waals surface area contributed by atoms with E-state index in [0.29, 0.717) is 12.1 Å². The Balaban J connectivity index is 0.00000289. The lowest BCUT2D eigenvalue weighted by molar-refractivity contribution is -0.117. The van der Waals surface area contributed by atoms with Crippen LogP contribution in [0.1, 0.15) is 35.0 Å². The van der Waals surface area contributed by atoms with Crippen LogP contribution < -0.4 is 10.2 Å². The first-order valence-corrected chi connectivity index (χ1v) is 10.1. The quantitative estimate of drug-likeness (QED) is 0.642. The summed E-state index contributed by atoms with van der Waals surface area (Å²) >= 11 is 0. The van der Waals surface area contributed by atoms with Gasteiger partial charge in [-0.2, -0.15) is 23.9 Å². The fourth-order valence-electron chi connectivity index (χ4n) is 3.75. The zero-order valence-corrected chi connectivity index (χ0v) is 19.2. The lowest BCUT2D eigenvalue weighted by Gasteiger charge is -2.34. The molecule has 4 rings (SSSR count). The maximum atomic E-state index is 13.3. The Kier molecular flexibility index (Phi) is 6.84. The number of benzene rings is 1. The normalized spacial score (nSPS) is 14.9. The molecule has 3 aromatic rings. The summed E-state index contributed by atoms with van der Waals surface area (Å²) in [6.07, 6.45) is 5.22. The second-order valence-electron chi connectivity index (χ2n) is 7.83. The van der Waals surface area contributed by atoms with Crippen molar-refractivity contribution in [3.05, 3.63) is 70.6 Å². The molecule has 166 valence electrons. The van der Waals surface area contributed by atoms with Crippen LogP contribution >= 0.6 is 13.5 Å². The number of pyridine rings is 1. The molecule has 0 saturated carbocycles. The van der Waals surface area contributed by atoms with Gasteiger partial charge < -0.3 is 10.2 Å². The van der Waals surface area contributed by atoms with Crippen molar-refractivity contribution in [3.8, 4) is 6.07 Å². The number of halogens is 1. The lowest BCUT2D eigenvalue weighted by atomic mass is 10.1. The molecule has 1 aliphatic heterocycles. The molecule has 1 aliphatic rings. The Morgan fingerprint density at radius 3 is 2.81 bits per heavy atom. The van der Waals surface area contributed by atoms with Gasteiger partial charge in [0.25, 0.3) is 0 Å². The van der Waals surface area contributed by atoms with Gasteiger partial charge in [-0.3, -0.25) is 14.5 Å². The van der Waals surface area contributed by atoms with Crippen molar-refractivity contribution >= 4 is 30.8 Å². The number of amides is 1. The molecule has 7 nitrogen and oxygen atoms in total. The molecule has 2 aromatic heterocycles. The van der Waals surface area contributed by atoms with Gasteiger partial charge >= 0.3 is 0 Å². The molecule has 1 atom stereocenters. The van der Waals surface area contributed by atoms with Gasteiger partial charge in [0.15, 0.2) is 0 Å². The summed E-state index contributed by atoms with van der Waals surface area (Å²) < 4.78 is 15.1. The fourth-order valence-corrected chi connectivity index (χ4v) is 3.75. The van der Waals surface area contributed by atoms with Crippen LogP contribution in [0.25, 0.3) is 0 Å². The zero-order valence-electron chi connectivity index (χ0n) is 18.2. The van der Waals surface area contributed by atoms with Crippen molar-refractivity contribution in [3.63, 3.8) is 0 Å². The van der Waals surface area contributed by atoms with Crippen molar-refractivity contribution in [1.29, 1.82) is 5.26 Å². The van der Waals surface area contributed by atoms with Gasteiger partial charge in [0.2, 0.25) is 5.91 Å². The molecule has 9 heteroatoms. The Labute approximate surface area is 193 Å². The molecule has 0 unspecified atom stereocenters. The summed E-state index contributed by atoms with van der Waals surface area (Å²) in [6, 6.07) is 8.04. The molecule has 0 radical (unpaired) electrons. The van der Waals surface area contributed by atoms with Crippen LogP contribution in [-0.4, -0.2) is 33.8 Å². The number of aryl methyl sites for hydroxylation is 3. The van der Waals surface area contributed by atoms with E-state index in [0.717, 1.165) is 46.7 Å². The second kappa shape index (κ2) is 9.40. The number of hydrogen-bond acceptors (Lipinski definition) is 5. The van der Waals surface area contributed by atoms with E-state index in [4.69, 9.17) is 0 Å². The molecule has 1 aromatic carbocycles. The minimum absolute atomic E-state index is 0. The smallest absolute Gasteiger partial charge is 0.246 e. The number of carbonyl (C=O) groups excluding carboxylic acids is 1. The first-order chi connectivity index (χ1) is 14.9. The summed E-state index contributed by atoms with van der Waals surface area (Å²) in [5.41, 5.74) is 5.59. The highest BCUT2D eigenvalue weighted by Crippen LogP contribution is 2.33. The van der Waals surface area contributed by atoms with Gasteiger partial charge in [-0.25, -0.2) is 4.39 Å². The highest BCUT2D eigenvalue weighted by molar-refractivity contribution is 7.59. The average molecular weight is 453 g/mol. The largest absolute Gasteiger partial charge is 0.361 e. The minimum Gasteiger partial charge on any atom is -0.361 e. The third-order valence-electron chi connectivity index (χ3n) is 5.70. The van der Waals surface area contributed by atoms with E-state index in [9.17, 15) is 14.4 Å². The number of hydrogen-bond donors (Lipinski definition) is 1. The Morgan fingerprint density at radius 2 is 2.06 bits per heavy atom. The molecule has 1 N–H and O–H groups in total. The molecule has 0 spiro atoms. The predicted molar refractivity (Wildman–Crippen MR) is 126 cm³/mol. The van der Waals surface area contributed by atoms with Crippen LogP contribution in [0.2, 0.25) is 0 Å². The standard InChI is InChI=1S/C23H23FN6O.H2S/c1-14-22-21(29(3)15(2)23(31)28-22)9-20(27-14)7-4-16-11-26-30(12-16)13-17-5-6-19(24)8-18(17)10-25;/h5-6,8-9,11-12,15H,4,7,13H2,1-3H3,(H,28,31);1H2/t15-;/m0./s1. The highest BCUT2D eigenvalue weighted by atomic mass is 32.1. The van der Waals surface area contributed by atoms with E-state index in [1.54, 1.807) is 16.9 Å². The van der Waals surface area contributed by atoms with Crippen LogP contribution in [0.4, 0.5) is 15.8 Å². The van der Waals surface area contributed by atoms with Gasteiger partial charge in [-0.05, 0) is 56.0 Å². The number of fused-ring (bicyclic) bond motifs is 1. The number of aromatic nitrogens is 3. The molecule has 0 fully saturated rings. The SMILES string of the molecule is Cc1nc(CCc2cnn(Cc3ccc(F)cc3C#N)c2)cc2c1NC(=O)[C@H](C)N2C.S. The van der Waals surface area contributed by atoms with E-state index in [1.807, 2.05) is 44.1 Å². The second-order valence-corrected chi connectivity index (χ2v) is 7.83. The van der Waals surface area contributed by atoms with Crippen LogP contribution in [0.15, 0.2) is 36.7 Å². The van der Waals surface area contributed by atoms with E-state index in [2.05, 4.69) is 15.4 Å². The van der Waals surface area contributed by atoms with Gasteiger partial charge in [0, 0.05) is 18.9 Å². The van der Waals surface area contributed by atoms with Crippen molar-refractivity contribution in [2.75, 3.05) is 17.3 Å². The van der Waals surface area contributed by atoms with E-state index in [1.165, 1.54) is 12.1 Å². The zero-order chi connectivity index (χ0) is 22.1. The number of rotatable bonds is 5. The van der Waals surface area contributed by atoms with Gasteiger partial charge in [0.1, 0.15) is 11.9 Å². The molecule has 0 aliphatic carbocycles. The van der Waals surface area contributed by atoms with Crippen molar-refractivity contribution < 1.29 is 9.18 Å². The maximum Gasteiger partial charge on any atom is 0.246 e. The summed E-state index contributed by atoms with van der Waals surface area (Å²) in [6.45, 7) is 4.18. The number of nitrogens with one attached hydrogen (secondary N) is 1. The predicted octanol–water partition coefficient (Wildman–Crippen LogP) is 3.32. The molecular weight excluding hydrogens is 427 g/mol. The van der Waals surface area contributed by atoms with Crippen molar-refractivity contribution in [1.82, 2.24) is 14.8 Å². The summed E-state index contributed by atoms with van der Waals surface area (Å²) in [5, 5.41) is 16.5. The van der Waals surface area contributed by atoms with E-state index in [-0.39, 0.29) is 25.4 Å². The number of carbonyl (C=O) groups is 1. The van der Waals surface area contributed by atoms with E-state index < -0.39 is 5.82 Å². The minimum atomic E-state index is -0.422. The highest BCUT2D eigenvalue weighted by Gasteiger charge is 2.28. The van der Waals surface area contributed by atoms with Crippen LogP contribution in [-0.2, 0) is 24.2 Å². The molecular formula is C23H25FN6OS. The number of nitriles is 1. The monoisotopic (exact) mass is 452 g/mol. The van der Waals surface area contributed by atoms with Crippen LogP contribution in [0.3, 0.4) is 0 Å². The summed E-state index contributed by atoms with van der Waals surface area (Å²) in [5.74, 6) is -0.449. The van der Waals surface area contributed by atoms with Crippen LogP contribution in [0.5, 0.6) is 0 Å². The van der Waals surface area contributed by atoms with Crippen molar-refractivity contribution in [2.45, 2.75) is 39.3 Å². The van der Waals surface area contributed by atoms with E-state index >= 15 is 0 Å². The fraction of sp³-hybridized carbons (Fsp3) is 0.304. The average Bonchev–Trinajstić information content (AvgIpc) is 3.20. The third kappa shape index (κ3) is 4.60. The van der Waals surface area contributed by atoms with Crippen LogP contribution in [0, 0.1) is 24.1 Å². The third-order valence-corrected chi connectivity index (χ3v) is 5.70. The maximum absolute atomic E-state index is 13.3. The molecule has 0 saturated heterocycles. The Hall–Kier alpha value is -3.38. The molecule has 3 heterocycles. The summed E-state index contributed by atoms with van der Waals surface area (Å²) in [7, 11) is 1.92. The number of anilines is 2. The van der Waals surface area contributed by atoms with Gasteiger partial charge in [0.05, 0.1) is 41.4 Å². The molecule has 0 bridgehead atoms. The lowest BCUT2D eigenvalue weighted by Crippen LogP contribution is -2.44. The Morgan fingerprint density at radius 1 is 1.28 bits per heavy atom. The van der Waals surface area contributed by atoms with Crippen molar-refractivity contribution in [2.24, 2.45) is 0 Å². The number of likely N-dealkylation sites (N-methyl/N-ethyl adjacent to an activating group) is 1. The van der Waals surface area contributed by atoms with Gasteiger partial charge in [-0.15, -0.1) is 0 Å².